The zero-order valence-corrected chi connectivity index (χ0v) is 19.7. The molecule has 1 aliphatic carbocycles. The number of pyridine rings is 1. The monoisotopic (exact) mass is 463 g/mol. The summed E-state index contributed by atoms with van der Waals surface area (Å²) in [5.41, 5.74) is 10.8. The number of likely N-dealkylation sites (tertiary alicyclic amines) is 1. The Kier molecular flexibility index (Phi) is 6.06. The number of thiophene rings is 1. The van der Waals surface area contributed by atoms with E-state index in [1.807, 2.05) is 11.8 Å². The minimum absolute atomic E-state index is 0.0575. The van der Waals surface area contributed by atoms with Gasteiger partial charge in [-0.15, -0.1) is 11.3 Å². The number of nitrogens with two attached hydrogens (primary N) is 1. The summed E-state index contributed by atoms with van der Waals surface area (Å²) in [6, 6.07) is 12.8. The summed E-state index contributed by atoms with van der Waals surface area (Å²) < 4.78 is 5.14. The number of piperidine rings is 1. The summed E-state index contributed by atoms with van der Waals surface area (Å²) in [6.45, 7) is 3.28. The van der Waals surface area contributed by atoms with E-state index >= 15 is 0 Å². The number of rotatable bonds is 4. The molecular weight excluding hydrogens is 434 g/mol. The van der Waals surface area contributed by atoms with Crippen LogP contribution in [0.4, 0.5) is 5.69 Å². The van der Waals surface area contributed by atoms with E-state index < -0.39 is 0 Å². The summed E-state index contributed by atoms with van der Waals surface area (Å²) in [7, 11) is 0. The van der Waals surface area contributed by atoms with Crippen molar-refractivity contribution < 1.29 is 14.3 Å². The van der Waals surface area contributed by atoms with E-state index in [-0.39, 0.29) is 17.8 Å². The normalized spacial score (nSPS) is 18.8. The highest BCUT2D eigenvalue weighted by atomic mass is 32.1. The Morgan fingerprint density at radius 2 is 1.94 bits per heavy atom. The first-order chi connectivity index (χ1) is 16.0. The molecule has 1 amide bonds. The van der Waals surface area contributed by atoms with Crippen molar-refractivity contribution in [2.24, 2.45) is 5.92 Å². The van der Waals surface area contributed by atoms with Crippen LogP contribution < -0.4 is 5.73 Å². The third-order valence-corrected chi connectivity index (χ3v) is 8.06. The van der Waals surface area contributed by atoms with Crippen molar-refractivity contribution in [3.8, 4) is 0 Å². The van der Waals surface area contributed by atoms with E-state index in [1.165, 1.54) is 22.5 Å². The molecule has 0 bridgehead atoms. The molecule has 1 aromatic carbocycles. The van der Waals surface area contributed by atoms with Crippen molar-refractivity contribution in [3.63, 3.8) is 0 Å². The van der Waals surface area contributed by atoms with Crippen LogP contribution in [-0.2, 0) is 22.4 Å². The lowest BCUT2D eigenvalue weighted by Crippen LogP contribution is -2.40. The minimum Gasteiger partial charge on any atom is -0.466 e. The lowest BCUT2D eigenvalue weighted by Gasteiger charge is -2.30. The molecule has 2 aromatic heterocycles. The Morgan fingerprint density at radius 1 is 1.18 bits per heavy atom. The Hall–Kier alpha value is -2.93. The molecule has 172 valence electrons. The molecule has 0 spiro atoms. The number of esters is 1. The second-order valence-electron chi connectivity index (χ2n) is 8.96. The Balaban J connectivity index is 1.35. The maximum atomic E-state index is 13.3. The van der Waals surface area contributed by atoms with Crippen LogP contribution in [0, 0.1) is 5.92 Å². The molecule has 1 aliphatic heterocycles. The van der Waals surface area contributed by atoms with Gasteiger partial charge in [0.25, 0.3) is 5.91 Å². The van der Waals surface area contributed by atoms with Crippen molar-refractivity contribution in [2.45, 2.75) is 44.9 Å². The number of carbonyl (C=O) groups excluding carboxylic acids is 2. The van der Waals surface area contributed by atoms with Gasteiger partial charge in [-0.25, -0.2) is 4.98 Å². The van der Waals surface area contributed by atoms with Crippen molar-refractivity contribution in [2.75, 3.05) is 25.4 Å². The third-order valence-electron chi connectivity index (χ3n) is 6.95. The van der Waals surface area contributed by atoms with Crippen molar-refractivity contribution in [3.05, 3.63) is 58.1 Å². The van der Waals surface area contributed by atoms with Crippen LogP contribution in [0.5, 0.6) is 0 Å². The van der Waals surface area contributed by atoms with Crippen LogP contribution in [0.15, 0.2) is 36.4 Å². The lowest BCUT2D eigenvalue weighted by molar-refractivity contribution is -0.149. The number of anilines is 1. The molecule has 0 saturated carbocycles. The van der Waals surface area contributed by atoms with Crippen LogP contribution in [-0.4, -0.2) is 41.5 Å². The maximum absolute atomic E-state index is 13.3. The smallest absolute Gasteiger partial charge is 0.309 e. The predicted octanol–water partition coefficient (Wildman–Crippen LogP) is 4.57. The molecule has 1 fully saturated rings. The van der Waals surface area contributed by atoms with Crippen LogP contribution >= 0.6 is 11.3 Å². The number of fused-ring (bicyclic) bond motifs is 2. The summed E-state index contributed by atoms with van der Waals surface area (Å²) in [6.07, 6.45) is 4.22. The number of nitrogen functional groups attached to an aromatic ring is 1. The van der Waals surface area contributed by atoms with E-state index in [1.54, 1.807) is 0 Å². The number of hydrogen-bond donors (Lipinski definition) is 1. The maximum Gasteiger partial charge on any atom is 0.309 e. The van der Waals surface area contributed by atoms with E-state index in [9.17, 15) is 9.59 Å². The number of carbonyl (C=O) groups is 2. The van der Waals surface area contributed by atoms with Gasteiger partial charge in [0.2, 0.25) is 0 Å². The van der Waals surface area contributed by atoms with E-state index in [2.05, 4.69) is 36.4 Å². The number of ether oxygens (including phenoxy) is 1. The molecule has 3 heterocycles. The molecule has 1 unspecified atom stereocenters. The molecule has 33 heavy (non-hydrogen) atoms. The summed E-state index contributed by atoms with van der Waals surface area (Å²) in [5.74, 6) is 0.145. The van der Waals surface area contributed by atoms with Gasteiger partial charge in [-0.05, 0) is 62.1 Å². The molecule has 2 N–H and O–H groups in total. The number of aryl methyl sites for hydroxylation is 1. The highest BCUT2D eigenvalue weighted by Crippen LogP contribution is 2.39. The predicted molar refractivity (Wildman–Crippen MR) is 131 cm³/mol. The fraction of sp³-hybridized carbons (Fsp3) is 0.423. The highest BCUT2D eigenvalue weighted by molar-refractivity contribution is 7.21. The largest absolute Gasteiger partial charge is 0.466 e. The summed E-state index contributed by atoms with van der Waals surface area (Å²) in [5, 5.41) is 0.886. The summed E-state index contributed by atoms with van der Waals surface area (Å²) >= 11 is 1.39. The molecule has 1 atom stereocenters. The van der Waals surface area contributed by atoms with E-state index in [0.717, 1.165) is 35.2 Å². The average molecular weight is 464 g/mol. The third kappa shape index (κ3) is 4.22. The van der Waals surface area contributed by atoms with Crippen LogP contribution in [0.3, 0.4) is 0 Å². The van der Waals surface area contributed by atoms with Gasteiger partial charge in [-0.1, -0.05) is 30.3 Å². The van der Waals surface area contributed by atoms with Gasteiger partial charge >= 0.3 is 5.97 Å². The molecule has 5 rings (SSSR count). The molecule has 0 radical (unpaired) electrons. The van der Waals surface area contributed by atoms with Gasteiger partial charge in [0.05, 0.1) is 18.2 Å². The van der Waals surface area contributed by atoms with Gasteiger partial charge in [0, 0.05) is 24.2 Å². The number of nitrogens with zero attached hydrogens (tertiary/aromatic N) is 2. The number of aromatic nitrogens is 1. The van der Waals surface area contributed by atoms with Crippen LogP contribution in [0.25, 0.3) is 10.2 Å². The van der Waals surface area contributed by atoms with Gasteiger partial charge in [-0.2, -0.15) is 0 Å². The van der Waals surface area contributed by atoms with Crippen molar-refractivity contribution in [1.29, 1.82) is 0 Å². The van der Waals surface area contributed by atoms with Crippen molar-refractivity contribution in [1.82, 2.24) is 9.88 Å². The van der Waals surface area contributed by atoms with Gasteiger partial charge in [-0.3, -0.25) is 9.59 Å². The summed E-state index contributed by atoms with van der Waals surface area (Å²) in [4.78, 5) is 33.4. The van der Waals surface area contributed by atoms with Gasteiger partial charge in [0.15, 0.2) is 0 Å². The molecule has 3 aromatic rings. The second kappa shape index (κ2) is 9.14. The second-order valence-corrected chi connectivity index (χ2v) is 9.96. The zero-order chi connectivity index (χ0) is 22.9. The first kappa shape index (κ1) is 21.9. The van der Waals surface area contributed by atoms with Crippen LogP contribution in [0.1, 0.15) is 58.6 Å². The molecule has 2 aliphatic rings. The number of amides is 1. The van der Waals surface area contributed by atoms with E-state index in [0.29, 0.717) is 49.0 Å². The average Bonchev–Trinajstić information content (AvgIpc) is 3.18. The topological polar surface area (TPSA) is 85.5 Å². The standard InChI is InChI=1S/C26H29N3O3S/c1-2-32-26(31)17-10-12-29(13-11-17)25(30)23-22(27)20-15-19-14-18(16-6-4-3-5-7-16)8-9-21(19)28-24(20)33-23/h3-7,15,17-18H,2,8-14,27H2,1H3. The van der Waals surface area contributed by atoms with E-state index in [4.69, 9.17) is 15.5 Å². The minimum atomic E-state index is -0.158. The fourth-order valence-electron chi connectivity index (χ4n) is 5.08. The first-order valence-corrected chi connectivity index (χ1v) is 12.6. The Bertz CT molecular complexity index is 1180. The number of benzene rings is 1. The molecule has 6 nitrogen and oxygen atoms in total. The molecule has 7 heteroatoms. The fourth-order valence-corrected chi connectivity index (χ4v) is 6.15. The first-order valence-electron chi connectivity index (χ1n) is 11.8. The Labute approximate surface area is 197 Å². The lowest BCUT2D eigenvalue weighted by atomic mass is 9.82. The Morgan fingerprint density at radius 3 is 2.67 bits per heavy atom. The van der Waals surface area contributed by atoms with Crippen molar-refractivity contribution >= 4 is 39.1 Å². The molecule has 1 saturated heterocycles. The number of hydrogen-bond acceptors (Lipinski definition) is 6. The van der Waals surface area contributed by atoms with Gasteiger partial charge < -0.3 is 15.4 Å². The highest BCUT2D eigenvalue weighted by Gasteiger charge is 2.31. The van der Waals surface area contributed by atoms with Gasteiger partial charge in [0.1, 0.15) is 9.71 Å². The molecular formula is C26H29N3O3S. The quantitative estimate of drug-likeness (QED) is 0.573. The zero-order valence-electron chi connectivity index (χ0n) is 18.9. The SMILES string of the molecule is CCOC(=O)C1CCN(C(=O)c2sc3nc4c(cc3c2N)CC(c2ccccc2)CC4)CC1. The van der Waals surface area contributed by atoms with Crippen LogP contribution in [0.2, 0.25) is 0 Å².